The second-order valence-electron chi connectivity index (χ2n) is 3.79. The van der Waals surface area contributed by atoms with Gasteiger partial charge >= 0.3 is 0 Å². The summed E-state index contributed by atoms with van der Waals surface area (Å²) in [5.41, 5.74) is 0.880. The van der Waals surface area contributed by atoms with Crippen LogP contribution < -0.4 is 0 Å². The Morgan fingerprint density at radius 1 is 1.47 bits per heavy atom. The summed E-state index contributed by atoms with van der Waals surface area (Å²) in [6.45, 7) is 0.238. The van der Waals surface area contributed by atoms with Gasteiger partial charge in [0.2, 0.25) is 5.09 Å². The van der Waals surface area contributed by atoms with E-state index < -0.39 is 10.0 Å². The number of carbonyl (C=O) groups is 1. The minimum Gasteiger partial charge on any atom is -0.440 e. The molecule has 0 saturated heterocycles. The minimum absolute atomic E-state index is 0.00903. The van der Waals surface area contributed by atoms with Crippen LogP contribution in [0.25, 0.3) is 0 Å². The Hall–Kier alpha value is -0.960. The van der Waals surface area contributed by atoms with Crippen molar-refractivity contribution in [3.05, 3.63) is 38.7 Å². The largest absolute Gasteiger partial charge is 0.440 e. The van der Waals surface area contributed by atoms with E-state index in [2.05, 4.69) is 15.9 Å². The lowest BCUT2D eigenvalue weighted by atomic mass is 10.3. The Bertz CT molecular complexity index is 689. The first kappa shape index (κ1) is 14.4. The van der Waals surface area contributed by atoms with E-state index in [-0.39, 0.29) is 17.4 Å². The maximum atomic E-state index is 12.2. The summed E-state index contributed by atoms with van der Waals surface area (Å²) in [6.07, 6.45) is 0.467. The third-order valence-corrected chi connectivity index (χ3v) is 5.64. The predicted octanol–water partition coefficient (Wildman–Crippen LogP) is 2.74. The first-order valence-electron chi connectivity index (χ1n) is 5.18. The van der Waals surface area contributed by atoms with Crippen molar-refractivity contribution < 1.29 is 17.6 Å². The number of halogens is 1. The molecule has 2 rings (SSSR count). The van der Waals surface area contributed by atoms with Gasteiger partial charge in [-0.25, -0.2) is 8.42 Å². The Labute approximate surface area is 123 Å². The van der Waals surface area contributed by atoms with Crippen LogP contribution >= 0.6 is 27.3 Å². The number of sulfonamides is 1. The number of aldehydes is 1. The first-order chi connectivity index (χ1) is 8.93. The highest BCUT2D eigenvalue weighted by Gasteiger charge is 2.24. The van der Waals surface area contributed by atoms with Gasteiger partial charge in [0.15, 0.2) is 12.0 Å². The molecule has 0 saturated carbocycles. The molecule has 102 valence electrons. The normalized spacial score (nSPS) is 11.9. The molecule has 0 fully saturated rings. The molecule has 5 nitrogen and oxygen atoms in total. The maximum Gasteiger partial charge on any atom is 0.276 e. The fraction of sp³-hybridized carbons (Fsp3) is 0.182. The van der Waals surface area contributed by atoms with E-state index >= 15 is 0 Å². The first-order valence-corrected chi connectivity index (χ1v) is 8.29. The fourth-order valence-electron chi connectivity index (χ4n) is 1.46. The van der Waals surface area contributed by atoms with Gasteiger partial charge in [0.25, 0.3) is 10.0 Å². The number of hydrogen-bond donors (Lipinski definition) is 0. The number of hydrogen-bond acceptors (Lipinski definition) is 5. The summed E-state index contributed by atoms with van der Waals surface area (Å²) in [6, 6.07) is 4.46. The molecule has 0 bridgehead atoms. The van der Waals surface area contributed by atoms with Crippen molar-refractivity contribution in [3.8, 4) is 0 Å². The zero-order valence-electron chi connectivity index (χ0n) is 9.87. The second-order valence-corrected chi connectivity index (χ2v) is 8.06. The Morgan fingerprint density at radius 2 is 2.21 bits per heavy atom. The van der Waals surface area contributed by atoms with E-state index in [0.717, 1.165) is 9.35 Å². The zero-order chi connectivity index (χ0) is 14.0. The van der Waals surface area contributed by atoms with E-state index in [4.69, 9.17) is 4.42 Å². The summed E-state index contributed by atoms with van der Waals surface area (Å²) in [4.78, 5) is 10.5. The standard InChI is InChI=1S/C11H10BrNO4S2/c1-13(5-8-4-10(12)18-7-8)19(15,16)11-3-2-9(6-14)17-11/h2-4,6-7H,5H2,1H3. The van der Waals surface area contributed by atoms with Crippen LogP contribution in [0.15, 0.2) is 36.9 Å². The Balaban J connectivity index is 2.21. The van der Waals surface area contributed by atoms with Crippen LogP contribution in [-0.2, 0) is 16.6 Å². The lowest BCUT2D eigenvalue weighted by Gasteiger charge is -2.14. The Kier molecular flexibility index (Phi) is 4.24. The lowest BCUT2D eigenvalue weighted by Crippen LogP contribution is -2.25. The van der Waals surface area contributed by atoms with E-state index in [1.54, 1.807) is 0 Å². The summed E-state index contributed by atoms with van der Waals surface area (Å²) >= 11 is 4.81. The molecule has 0 unspecified atom stereocenters. The molecule has 0 aliphatic heterocycles. The van der Waals surface area contributed by atoms with Crippen molar-refractivity contribution >= 4 is 43.6 Å². The Morgan fingerprint density at radius 3 is 2.74 bits per heavy atom. The SMILES string of the molecule is CN(Cc1csc(Br)c1)S(=O)(=O)c1ccc(C=O)o1. The number of rotatable bonds is 5. The van der Waals surface area contributed by atoms with E-state index in [9.17, 15) is 13.2 Å². The average Bonchev–Trinajstić information content (AvgIpc) is 2.98. The van der Waals surface area contributed by atoms with E-state index in [1.807, 2.05) is 11.4 Å². The molecule has 0 spiro atoms. The van der Waals surface area contributed by atoms with Crippen molar-refractivity contribution in [1.29, 1.82) is 0 Å². The van der Waals surface area contributed by atoms with Gasteiger partial charge in [-0.3, -0.25) is 4.79 Å². The molecule has 0 radical (unpaired) electrons. The van der Waals surface area contributed by atoms with Crippen molar-refractivity contribution in [2.45, 2.75) is 11.6 Å². The van der Waals surface area contributed by atoms with Gasteiger partial charge in [-0.05, 0) is 45.1 Å². The topological polar surface area (TPSA) is 67.6 Å². The number of carbonyl (C=O) groups excluding carboxylic acids is 1. The van der Waals surface area contributed by atoms with Crippen LogP contribution in [0, 0.1) is 0 Å². The highest BCUT2D eigenvalue weighted by molar-refractivity contribution is 9.11. The average molecular weight is 364 g/mol. The van der Waals surface area contributed by atoms with Gasteiger partial charge < -0.3 is 4.42 Å². The van der Waals surface area contributed by atoms with Gasteiger partial charge in [0, 0.05) is 13.6 Å². The molecule has 19 heavy (non-hydrogen) atoms. The van der Waals surface area contributed by atoms with Crippen LogP contribution in [0.4, 0.5) is 0 Å². The molecular formula is C11H10BrNO4S2. The van der Waals surface area contributed by atoms with Gasteiger partial charge in [-0.1, -0.05) is 0 Å². The van der Waals surface area contributed by atoms with E-state index in [1.165, 1.54) is 34.8 Å². The summed E-state index contributed by atoms with van der Waals surface area (Å²) < 4.78 is 31.4. The number of thiophene rings is 1. The van der Waals surface area contributed by atoms with Crippen molar-refractivity contribution in [1.82, 2.24) is 4.31 Å². The molecule has 2 heterocycles. The molecule has 0 aromatic carbocycles. The maximum absolute atomic E-state index is 12.2. The van der Waals surface area contributed by atoms with Crippen molar-refractivity contribution in [3.63, 3.8) is 0 Å². The van der Waals surface area contributed by atoms with Gasteiger partial charge in [0.1, 0.15) is 0 Å². The molecule has 0 amide bonds. The summed E-state index contributed by atoms with van der Waals surface area (Å²) in [5.74, 6) is -0.00903. The highest BCUT2D eigenvalue weighted by Crippen LogP contribution is 2.24. The van der Waals surface area contributed by atoms with Crippen LogP contribution in [0.1, 0.15) is 16.1 Å². The summed E-state index contributed by atoms with van der Waals surface area (Å²) in [7, 11) is -2.26. The highest BCUT2D eigenvalue weighted by atomic mass is 79.9. The summed E-state index contributed by atoms with van der Waals surface area (Å²) in [5, 5.41) is 1.64. The molecule has 0 aliphatic rings. The number of furan rings is 1. The number of nitrogens with zero attached hydrogens (tertiary/aromatic N) is 1. The van der Waals surface area contributed by atoms with Crippen LogP contribution in [0.2, 0.25) is 0 Å². The lowest BCUT2D eigenvalue weighted by molar-refractivity contribution is 0.109. The predicted molar refractivity (Wildman–Crippen MR) is 74.8 cm³/mol. The molecule has 2 aromatic heterocycles. The van der Waals surface area contributed by atoms with Crippen molar-refractivity contribution in [2.24, 2.45) is 0 Å². The van der Waals surface area contributed by atoms with Crippen LogP contribution in [0.5, 0.6) is 0 Å². The van der Waals surface area contributed by atoms with Crippen LogP contribution in [0.3, 0.4) is 0 Å². The van der Waals surface area contributed by atoms with Crippen LogP contribution in [-0.4, -0.2) is 26.1 Å². The minimum atomic E-state index is -3.72. The molecule has 8 heteroatoms. The zero-order valence-corrected chi connectivity index (χ0v) is 13.1. The van der Waals surface area contributed by atoms with Gasteiger partial charge in [0.05, 0.1) is 3.79 Å². The third-order valence-electron chi connectivity index (χ3n) is 2.41. The molecule has 2 aromatic rings. The molecule has 0 atom stereocenters. The van der Waals surface area contributed by atoms with Gasteiger partial charge in [-0.15, -0.1) is 11.3 Å². The van der Waals surface area contributed by atoms with Gasteiger partial charge in [-0.2, -0.15) is 4.31 Å². The molecule has 0 N–H and O–H groups in total. The monoisotopic (exact) mass is 363 g/mol. The molecule has 0 aliphatic carbocycles. The quantitative estimate of drug-likeness (QED) is 0.765. The molecular weight excluding hydrogens is 354 g/mol. The van der Waals surface area contributed by atoms with Crippen molar-refractivity contribution in [2.75, 3.05) is 7.05 Å². The fourth-order valence-corrected chi connectivity index (χ4v) is 3.73. The van der Waals surface area contributed by atoms with E-state index in [0.29, 0.717) is 6.29 Å². The second kappa shape index (κ2) is 5.58. The third kappa shape index (κ3) is 3.14. The smallest absolute Gasteiger partial charge is 0.276 e.